The quantitative estimate of drug-likeness (QED) is 0.409. The third kappa shape index (κ3) is 12.2. The zero-order valence-corrected chi connectivity index (χ0v) is 11.8. The van der Waals surface area contributed by atoms with Gasteiger partial charge >= 0.3 is 0 Å². The van der Waals surface area contributed by atoms with E-state index in [9.17, 15) is 0 Å². The first-order valence-electron chi connectivity index (χ1n) is 5.92. The largest absolute Gasteiger partial charge is 0.335 e. The number of hydrogen-bond donors (Lipinski definition) is 0. The first-order chi connectivity index (χ1) is 6.27. The van der Waals surface area contributed by atoms with Crippen molar-refractivity contribution in [2.75, 3.05) is 13.6 Å². The molecule has 0 heterocycles. The number of hydrogen-bond acceptors (Lipinski definition) is 1. The van der Waals surface area contributed by atoms with E-state index in [0.717, 1.165) is 0 Å². The van der Waals surface area contributed by atoms with Crippen LogP contribution in [0.4, 0.5) is 0 Å². The van der Waals surface area contributed by atoms with E-state index in [2.05, 4.69) is 18.5 Å². The van der Waals surface area contributed by atoms with Crippen LogP contribution in [-0.4, -0.2) is 28.6 Å². The molecule has 0 N–H and O–H groups in total. The Morgan fingerprint density at radius 2 is 1.31 bits per heavy atom. The van der Waals surface area contributed by atoms with Crippen LogP contribution in [0.25, 0.3) is 0 Å². The summed E-state index contributed by atoms with van der Waals surface area (Å²) in [5.41, 5.74) is 0. The maximum Gasteiger partial charge on any atom is 0.0781 e. The van der Waals surface area contributed by atoms with Gasteiger partial charge in [-0.05, 0) is 20.0 Å². The van der Waals surface area contributed by atoms with Gasteiger partial charge in [-0.2, -0.15) is 0 Å². The summed E-state index contributed by atoms with van der Waals surface area (Å²) in [6.45, 7) is 3.60. The molecule has 0 aromatic rings. The molecule has 0 bridgehead atoms. The van der Waals surface area contributed by atoms with Crippen molar-refractivity contribution < 1.29 is 0 Å². The SMILES string of the molecule is CCCCCCCCCCN(C)[SiH3]. The zero-order chi connectivity index (χ0) is 9.94. The lowest BCUT2D eigenvalue weighted by Gasteiger charge is -2.08. The van der Waals surface area contributed by atoms with E-state index in [-0.39, 0.29) is 0 Å². The van der Waals surface area contributed by atoms with E-state index in [0.29, 0.717) is 0 Å². The molecule has 0 radical (unpaired) electrons. The van der Waals surface area contributed by atoms with Crippen LogP contribution >= 0.6 is 0 Å². The van der Waals surface area contributed by atoms with Crippen LogP contribution in [0.3, 0.4) is 0 Å². The molecule has 0 saturated carbocycles. The lowest BCUT2D eigenvalue weighted by molar-refractivity contribution is 0.491. The fraction of sp³-hybridized carbons (Fsp3) is 1.00. The van der Waals surface area contributed by atoms with Crippen LogP contribution in [0, 0.1) is 0 Å². The minimum absolute atomic E-state index is 1.22. The molecule has 0 aliphatic heterocycles. The predicted molar refractivity (Wildman–Crippen MR) is 65.2 cm³/mol. The van der Waals surface area contributed by atoms with Crippen LogP contribution in [0.5, 0.6) is 0 Å². The highest BCUT2D eigenvalue weighted by Gasteiger charge is 1.92. The Bertz CT molecular complexity index is 94.1. The number of unbranched alkanes of at least 4 members (excludes halogenated alkanes) is 7. The Kier molecular flexibility index (Phi) is 10.4. The summed E-state index contributed by atoms with van der Waals surface area (Å²) in [6.07, 6.45) is 11.5. The van der Waals surface area contributed by atoms with E-state index >= 15 is 0 Å². The predicted octanol–water partition coefficient (Wildman–Crippen LogP) is 2.34. The molecule has 0 aromatic carbocycles. The second-order valence-corrected chi connectivity index (χ2v) is 5.81. The Labute approximate surface area is 87.4 Å². The maximum absolute atomic E-state index is 2.41. The van der Waals surface area contributed by atoms with Gasteiger partial charge in [-0.3, -0.25) is 0 Å². The Hall–Kier alpha value is 0.177. The van der Waals surface area contributed by atoms with E-state index in [1.54, 1.807) is 0 Å². The van der Waals surface area contributed by atoms with Crippen LogP contribution in [0.2, 0.25) is 0 Å². The maximum atomic E-state index is 2.41. The third-order valence-electron chi connectivity index (χ3n) is 2.46. The fourth-order valence-electron chi connectivity index (χ4n) is 1.56. The second-order valence-electron chi connectivity index (χ2n) is 4.28. The summed E-state index contributed by atoms with van der Waals surface area (Å²) < 4.78 is 2.41. The van der Waals surface area contributed by atoms with Gasteiger partial charge in [0.1, 0.15) is 0 Å². The molecule has 0 amide bonds. The zero-order valence-electron chi connectivity index (χ0n) is 9.81. The number of rotatable bonds is 9. The highest BCUT2D eigenvalue weighted by Crippen LogP contribution is 2.08. The number of nitrogens with zero attached hydrogens (tertiary/aromatic N) is 1. The minimum Gasteiger partial charge on any atom is -0.335 e. The smallest absolute Gasteiger partial charge is 0.0781 e. The lowest BCUT2D eigenvalue weighted by Crippen LogP contribution is -2.14. The van der Waals surface area contributed by atoms with Crippen molar-refractivity contribution in [1.82, 2.24) is 4.57 Å². The summed E-state index contributed by atoms with van der Waals surface area (Å²) >= 11 is 0. The highest BCUT2D eigenvalue weighted by molar-refractivity contribution is 6.04. The van der Waals surface area contributed by atoms with Gasteiger partial charge < -0.3 is 4.57 Å². The molecule has 0 saturated heterocycles. The first-order valence-corrected chi connectivity index (χ1v) is 6.81. The molecular formula is C11H27NSi. The van der Waals surface area contributed by atoms with Gasteiger partial charge in [-0.15, -0.1) is 0 Å². The standard InChI is InChI=1S/C11H27NSi/c1-3-4-5-6-7-8-9-10-11-12(2)13/h3-11H2,1-2,13H3. The molecule has 0 atom stereocenters. The molecule has 0 fully saturated rings. The van der Waals surface area contributed by atoms with Crippen molar-refractivity contribution in [3.63, 3.8) is 0 Å². The summed E-state index contributed by atoms with van der Waals surface area (Å²) in [6, 6.07) is 0. The van der Waals surface area contributed by atoms with Gasteiger partial charge in [-0.25, -0.2) is 0 Å². The van der Waals surface area contributed by atoms with Crippen LogP contribution in [0.1, 0.15) is 58.3 Å². The lowest BCUT2D eigenvalue weighted by atomic mass is 10.1. The Balaban J connectivity index is 2.84. The topological polar surface area (TPSA) is 3.24 Å². The van der Waals surface area contributed by atoms with Gasteiger partial charge in [0.25, 0.3) is 0 Å². The molecule has 0 unspecified atom stereocenters. The first kappa shape index (κ1) is 13.2. The van der Waals surface area contributed by atoms with Gasteiger partial charge in [0.05, 0.1) is 10.4 Å². The van der Waals surface area contributed by atoms with Crippen molar-refractivity contribution in [3.05, 3.63) is 0 Å². The molecule has 0 aliphatic rings. The van der Waals surface area contributed by atoms with Crippen LogP contribution in [-0.2, 0) is 0 Å². The van der Waals surface area contributed by atoms with Crippen LogP contribution in [0.15, 0.2) is 0 Å². The second kappa shape index (κ2) is 10.3. The molecule has 2 heteroatoms. The van der Waals surface area contributed by atoms with E-state index in [4.69, 9.17) is 0 Å². The van der Waals surface area contributed by atoms with Crippen molar-refractivity contribution in [1.29, 1.82) is 0 Å². The molecule has 0 spiro atoms. The normalized spacial score (nSPS) is 11.3. The minimum atomic E-state index is 1.22. The van der Waals surface area contributed by atoms with Gasteiger partial charge in [-0.1, -0.05) is 51.9 Å². The van der Waals surface area contributed by atoms with Gasteiger partial charge in [0, 0.05) is 0 Å². The highest BCUT2D eigenvalue weighted by atomic mass is 28.2. The Morgan fingerprint density at radius 3 is 1.77 bits per heavy atom. The summed E-state index contributed by atoms with van der Waals surface area (Å²) in [7, 11) is 3.44. The average molecular weight is 201 g/mol. The molecule has 13 heavy (non-hydrogen) atoms. The van der Waals surface area contributed by atoms with Crippen LogP contribution < -0.4 is 0 Å². The van der Waals surface area contributed by atoms with Crippen molar-refractivity contribution in [3.8, 4) is 0 Å². The average Bonchev–Trinajstić information content (AvgIpc) is 2.09. The monoisotopic (exact) mass is 201 g/mol. The molecule has 0 rings (SSSR count). The van der Waals surface area contributed by atoms with Crippen molar-refractivity contribution in [2.24, 2.45) is 0 Å². The molecule has 1 nitrogen and oxygen atoms in total. The van der Waals surface area contributed by atoms with E-state index < -0.39 is 0 Å². The van der Waals surface area contributed by atoms with Gasteiger partial charge in [0.2, 0.25) is 0 Å². The molecule has 0 aliphatic carbocycles. The summed E-state index contributed by atoms with van der Waals surface area (Å²) in [4.78, 5) is 0. The molecule has 0 aromatic heterocycles. The van der Waals surface area contributed by atoms with Crippen molar-refractivity contribution in [2.45, 2.75) is 58.3 Å². The third-order valence-corrected chi connectivity index (χ3v) is 2.91. The summed E-state index contributed by atoms with van der Waals surface area (Å²) in [5, 5.41) is 0. The fourth-order valence-corrected chi connectivity index (χ4v) is 1.88. The molecular weight excluding hydrogens is 174 g/mol. The Morgan fingerprint density at radius 1 is 0.846 bits per heavy atom. The summed E-state index contributed by atoms with van der Waals surface area (Å²) in [5.74, 6) is 0. The van der Waals surface area contributed by atoms with E-state index in [1.165, 1.54) is 68.3 Å². The van der Waals surface area contributed by atoms with Crippen molar-refractivity contribution >= 4 is 10.4 Å². The molecule has 80 valence electrons. The van der Waals surface area contributed by atoms with E-state index in [1.807, 2.05) is 0 Å². The van der Waals surface area contributed by atoms with Gasteiger partial charge in [0.15, 0.2) is 0 Å².